The second-order valence-corrected chi connectivity index (χ2v) is 8.88. The fraction of sp³-hybridized carbons (Fsp3) is 0.348. The minimum Gasteiger partial charge on any atom is -0.493 e. The summed E-state index contributed by atoms with van der Waals surface area (Å²) >= 11 is 1.26. The zero-order valence-corrected chi connectivity index (χ0v) is 19.3. The zero-order valence-electron chi connectivity index (χ0n) is 18.4. The van der Waals surface area contributed by atoms with Gasteiger partial charge in [0.2, 0.25) is 0 Å². The minimum absolute atomic E-state index is 0.0557. The molecule has 4 rings (SSSR count). The first-order valence-corrected chi connectivity index (χ1v) is 11.2. The van der Waals surface area contributed by atoms with Gasteiger partial charge in [-0.05, 0) is 23.6 Å². The van der Waals surface area contributed by atoms with Gasteiger partial charge in [-0.2, -0.15) is 18.2 Å². The molecule has 10 heteroatoms. The third kappa shape index (κ3) is 4.31. The van der Waals surface area contributed by atoms with Crippen LogP contribution in [0.5, 0.6) is 11.5 Å². The molecule has 0 saturated heterocycles. The van der Waals surface area contributed by atoms with E-state index in [0.717, 1.165) is 12.1 Å². The lowest BCUT2D eigenvalue weighted by Gasteiger charge is -2.33. The molecule has 6 nitrogen and oxygen atoms in total. The molecule has 0 saturated carbocycles. The van der Waals surface area contributed by atoms with Crippen LogP contribution in [0, 0.1) is 5.92 Å². The van der Waals surface area contributed by atoms with Crippen LogP contribution in [0.4, 0.5) is 18.9 Å². The van der Waals surface area contributed by atoms with Gasteiger partial charge in [-0.25, -0.2) is 4.99 Å². The molecule has 0 aliphatic carbocycles. The van der Waals surface area contributed by atoms with Crippen molar-refractivity contribution in [1.29, 1.82) is 0 Å². The molecule has 0 fully saturated rings. The first kappa shape index (κ1) is 23.2. The summed E-state index contributed by atoms with van der Waals surface area (Å²) in [4.78, 5) is 23.6. The van der Waals surface area contributed by atoms with Gasteiger partial charge < -0.3 is 9.47 Å². The Hall–Kier alpha value is -3.01. The molecule has 2 heterocycles. The van der Waals surface area contributed by atoms with Crippen molar-refractivity contribution in [3.05, 3.63) is 53.1 Å². The Kier molecular flexibility index (Phi) is 6.13. The number of alkyl halides is 3. The molecule has 33 heavy (non-hydrogen) atoms. The van der Waals surface area contributed by atoms with Crippen LogP contribution in [0.25, 0.3) is 0 Å². The number of halogens is 3. The second kappa shape index (κ2) is 8.74. The van der Waals surface area contributed by atoms with Crippen molar-refractivity contribution >= 4 is 34.4 Å². The van der Waals surface area contributed by atoms with Crippen LogP contribution in [-0.4, -0.2) is 42.1 Å². The fourth-order valence-corrected chi connectivity index (χ4v) is 4.81. The summed E-state index contributed by atoms with van der Waals surface area (Å²) in [6.45, 7) is 3.83. The number of rotatable bonds is 5. The van der Waals surface area contributed by atoms with E-state index in [1.807, 2.05) is 13.8 Å². The number of ether oxygens (including phenoxy) is 2. The molecular weight excluding hydrogens is 455 g/mol. The second-order valence-electron chi connectivity index (χ2n) is 7.94. The molecule has 0 aromatic heterocycles. The average molecular weight is 478 g/mol. The van der Waals surface area contributed by atoms with E-state index in [2.05, 4.69) is 4.99 Å². The van der Waals surface area contributed by atoms with Gasteiger partial charge in [-0.1, -0.05) is 43.8 Å². The van der Waals surface area contributed by atoms with Gasteiger partial charge >= 0.3 is 6.18 Å². The summed E-state index contributed by atoms with van der Waals surface area (Å²) in [5.41, 5.74) is 0.978. The number of benzene rings is 2. The SMILES string of the molecule is COc1cc2c(cc1OC)C1=NC(=O)C(C(C)C)N1C(SCc1cccc(C(F)(F)F)c1)=N2. The summed E-state index contributed by atoms with van der Waals surface area (Å²) in [7, 11) is 3.03. The number of fused-ring (bicyclic) bond motifs is 3. The number of amides is 1. The highest BCUT2D eigenvalue weighted by molar-refractivity contribution is 8.13. The summed E-state index contributed by atoms with van der Waals surface area (Å²) in [5, 5.41) is 0.496. The molecular formula is C23H22F3N3O3S. The molecule has 1 amide bonds. The van der Waals surface area contributed by atoms with Crippen molar-refractivity contribution in [1.82, 2.24) is 4.90 Å². The molecule has 0 bridgehead atoms. The van der Waals surface area contributed by atoms with E-state index in [1.165, 1.54) is 32.0 Å². The molecule has 2 aliphatic rings. The normalized spacial score (nSPS) is 17.5. The predicted octanol–water partition coefficient (Wildman–Crippen LogP) is 5.27. The topological polar surface area (TPSA) is 63.5 Å². The maximum absolute atomic E-state index is 13.1. The van der Waals surface area contributed by atoms with Crippen molar-refractivity contribution in [2.24, 2.45) is 15.9 Å². The number of nitrogens with zero attached hydrogens (tertiary/aromatic N) is 3. The highest BCUT2D eigenvalue weighted by Crippen LogP contribution is 2.42. The summed E-state index contributed by atoms with van der Waals surface area (Å²) in [6.07, 6.45) is -4.42. The van der Waals surface area contributed by atoms with Gasteiger partial charge in [0.15, 0.2) is 16.7 Å². The standard InChI is InChI=1S/C23H22F3N3O3S/c1-12(2)19-21(30)28-20-15-9-17(31-3)18(32-4)10-16(15)27-22(29(19)20)33-11-13-6-5-7-14(8-13)23(24,25)26/h5-10,12,19H,11H2,1-4H3. The number of thioether (sulfide) groups is 1. The Labute approximate surface area is 193 Å². The van der Waals surface area contributed by atoms with Crippen LogP contribution >= 0.6 is 11.8 Å². The van der Waals surface area contributed by atoms with Crippen LogP contribution in [0.2, 0.25) is 0 Å². The van der Waals surface area contributed by atoms with Crippen LogP contribution in [-0.2, 0) is 16.7 Å². The fourth-order valence-electron chi connectivity index (χ4n) is 3.83. The Morgan fingerprint density at radius 1 is 1.09 bits per heavy atom. The zero-order chi connectivity index (χ0) is 23.9. The quantitative estimate of drug-likeness (QED) is 0.587. The Balaban J connectivity index is 1.74. The van der Waals surface area contributed by atoms with E-state index in [1.54, 1.807) is 23.1 Å². The van der Waals surface area contributed by atoms with E-state index in [-0.39, 0.29) is 17.6 Å². The number of amidine groups is 2. The van der Waals surface area contributed by atoms with Gasteiger partial charge in [-0.3, -0.25) is 9.69 Å². The maximum Gasteiger partial charge on any atom is 0.416 e. The average Bonchev–Trinajstić information content (AvgIpc) is 3.13. The van der Waals surface area contributed by atoms with Gasteiger partial charge in [0.25, 0.3) is 5.91 Å². The molecule has 2 aliphatic heterocycles. The van der Waals surface area contributed by atoms with Crippen molar-refractivity contribution < 1.29 is 27.4 Å². The third-order valence-electron chi connectivity index (χ3n) is 5.39. The van der Waals surface area contributed by atoms with Gasteiger partial charge in [-0.15, -0.1) is 0 Å². The smallest absolute Gasteiger partial charge is 0.416 e. The van der Waals surface area contributed by atoms with Crippen molar-refractivity contribution in [2.45, 2.75) is 31.8 Å². The van der Waals surface area contributed by atoms with E-state index in [4.69, 9.17) is 14.5 Å². The summed E-state index contributed by atoms with van der Waals surface area (Å²) in [6, 6.07) is 8.08. The summed E-state index contributed by atoms with van der Waals surface area (Å²) < 4.78 is 50.1. The minimum atomic E-state index is -4.42. The molecule has 2 aromatic rings. The molecule has 1 unspecified atom stereocenters. The first-order valence-electron chi connectivity index (χ1n) is 10.2. The molecule has 0 spiro atoms. The molecule has 2 aromatic carbocycles. The van der Waals surface area contributed by atoms with Gasteiger partial charge in [0.1, 0.15) is 11.9 Å². The van der Waals surface area contributed by atoms with Crippen LogP contribution in [0.1, 0.15) is 30.5 Å². The third-order valence-corrected chi connectivity index (χ3v) is 6.42. The number of carbonyl (C=O) groups is 1. The number of carbonyl (C=O) groups excluding carboxylic acids is 1. The molecule has 0 radical (unpaired) electrons. The number of methoxy groups -OCH3 is 2. The Morgan fingerprint density at radius 2 is 1.79 bits per heavy atom. The molecule has 1 atom stereocenters. The lowest BCUT2D eigenvalue weighted by atomic mass is 10.0. The Bertz CT molecular complexity index is 1160. The van der Waals surface area contributed by atoms with E-state index >= 15 is 0 Å². The largest absolute Gasteiger partial charge is 0.493 e. The number of hydrogen-bond donors (Lipinski definition) is 0. The van der Waals surface area contributed by atoms with E-state index < -0.39 is 17.8 Å². The lowest BCUT2D eigenvalue weighted by molar-refractivity contribution is -0.137. The highest BCUT2D eigenvalue weighted by Gasteiger charge is 2.43. The Morgan fingerprint density at radius 3 is 2.42 bits per heavy atom. The molecule has 174 valence electrons. The monoisotopic (exact) mass is 477 g/mol. The van der Waals surface area contributed by atoms with Crippen LogP contribution in [0.3, 0.4) is 0 Å². The summed E-state index contributed by atoms with van der Waals surface area (Å²) in [5.74, 6) is 1.32. The van der Waals surface area contributed by atoms with E-state index in [0.29, 0.717) is 39.3 Å². The van der Waals surface area contributed by atoms with Crippen molar-refractivity contribution in [3.63, 3.8) is 0 Å². The predicted molar refractivity (Wildman–Crippen MR) is 121 cm³/mol. The maximum atomic E-state index is 13.1. The number of hydrogen-bond acceptors (Lipinski definition) is 6. The van der Waals surface area contributed by atoms with E-state index in [9.17, 15) is 18.0 Å². The van der Waals surface area contributed by atoms with Gasteiger partial charge in [0, 0.05) is 17.4 Å². The van der Waals surface area contributed by atoms with Gasteiger partial charge in [0.05, 0.1) is 25.5 Å². The van der Waals surface area contributed by atoms with Crippen molar-refractivity contribution in [3.8, 4) is 11.5 Å². The van der Waals surface area contributed by atoms with Crippen LogP contribution < -0.4 is 9.47 Å². The number of aliphatic imine (C=N–C) groups is 2. The first-order chi connectivity index (χ1) is 15.6. The lowest BCUT2D eigenvalue weighted by Crippen LogP contribution is -2.46. The van der Waals surface area contributed by atoms with Crippen molar-refractivity contribution in [2.75, 3.05) is 14.2 Å². The highest BCUT2D eigenvalue weighted by atomic mass is 32.2. The van der Waals surface area contributed by atoms with Crippen LogP contribution in [0.15, 0.2) is 46.4 Å². The molecule has 0 N–H and O–H groups in total.